The van der Waals surface area contributed by atoms with E-state index in [1.165, 1.54) is 0 Å². The van der Waals surface area contributed by atoms with Crippen LogP contribution in [0.3, 0.4) is 0 Å². The van der Waals surface area contributed by atoms with E-state index in [0.717, 1.165) is 6.42 Å². The Morgan fingerprint density at radius 1 is 1.28 bits per heavy atom. The number of carbonyl (C=O) groups is 1. The van der Waals surface area contributed by atoms with Gasteiger partial charge in [0, 0.05) is 6.42 Å². The van der Waals surface area contributed by atoms with Crippen LogP contribution in [-0.4, -0.2) is 68.8 Å². The van der Waals surface area contributed by atoms with Crippen LogP contribution in [0, 0.1) is 0 Å². The fourth-order valence-corrected chi connectivity index (χ4v) is 1.33. The molecule has 0 spiro atoms. The molecule has 0 amide bonds. The smallest absolute Gasteiger partial charge is 0.303 e. The van der Waals surface area contributed by atoms with Gasteiger partial charge in [-0.2, -0.15) is 0 Å². The topological polar surface area (TPSA) is 153 Å². The Morgan fingerprint density at radius 2 is 1.83 bits per heavy atom. The molecule has 1 fully saturated rings. The van der Waals surface area contributed by atoms with Crippen molar-refractivity contribution in [3.05, 3.63) is 0 Å². The predicted molar refractivity (Wildman–Crippen MR) is 60.5 cm³/mol. The van der Waals surface area contributed by atoms with Crippen molar-refractivity contribution in [2.75, 3.05) is 6.61 Å². The Bertz CT molecular complexity index is 246. The van der Waals surface area contributed by atoms with Gasteiger partial charge in [-0.25, -0.2) is 0 Å². The Morgan fingerprint density at radius 3 is 2.17 bits per heavy atom. The van der Waals surface area contributed by atoms with E-state index in [1.807, 2.05) is 6.92 Å². The first-order valence-corrected chi connectivity index (χ1v) is 5.63. The Hall–Kier alpha value is -0.770. The minimum atomic E-state index is -1.35. The van der Waals surface area contributed by atoms with Crippen molar-refractivity contribution in [3.63, 3.8) is 0 Å². The second-order valence-corrected chi connectivity index (χ2v) is 3.95. The van der Waals surface area contributed by atoms with E-state index in [9.17, 15) is 15.0 Å². The lowest BCUT2D eigenvalue weighted by atomic mass is 9.98. The number of hydrogen-bond acceptors (Lipinski definition) is 7. The van der Waals surface area contributed by atoms with Gasteiger partial charge in [-0.15, -0.1) is 0 Å². The summed E-state index contributed by atoms with van der Waals surface area (Å²) >= 11 is 0. The maximum absolute atomic E-state index is 9.60. The molecule has 1 rings (SSSR count). The minimum Gasteiger partial charge on any atom is -0.481 e. The molecular weight excluding hydrogens is 246 g/mol. The number of hydrogen-bond donors (Lipinski definition) is 6. The average Bonchev–Trinajstić information content (AvgIpc) is 2.32. The van der Waals surface area contributed by atoms with E-state index in [1.54, 1.807) is 0 Å². The normalized spacial score (nSPS) is 35.6. The monoisotopic (exact) mass is 267 g/mol. The SMILES string of the molecule is CCCC(=O)O.N[C@H]1C(O)O[C@H](CO)[C@@H](O)[C@@H]1O. The zero-order valence-electron chi connectivity index (χ0n) is 10.1. The highest BCUT2D eigenvalue weighted by Gasteiger charge is 2.41. The van der Waals surface area contributed by atoms with Crippen LogP contribution in [0.1, 0.15) is 19.8 Å². The van der Waals surface area contributed by atoms with Crippen molar-refractivity contribution >= 4 is 5.97 Å². The summed E-state index contributed by atoms with van der Waals surface area (Å²) in [5.74, 6) is -0.711. The first kappa shape index (κ1) is 17.2. The highest BCUT2D eigenvalue weighted by atomic mass is 16.6. The summed E-state index contributed by atoms with van der Waals surface area (Å²) in [5, 5.41) is 44.0. The number of rotatable bonds is 3. The molecule has 1 heterocycles. The van der Waals surface area contributed by atoms with E-state index in [0.29, 0.717) is 6.42 Å². The molecule has 1 unspecified atom stereocenters. The third-order valence-corrected chi connectivity index (χ3v) is 2.41. The molecule has 0 bridgehead atoms. The molecule has 0 aromatic rings. The molecular formula is C10H21NO7. The zero-order chi connectivity index (χ0) is 14.3. The van der Waals surface area contributed by atoms with E-state index >= 15 is 0 Å². The molecule has 1 aliphatic rings. The molecule has 0 saturated carbocycles. The van der Waals surface area contributed by atoms with Gasteiger partial charge in [0.2, 0.25) is 0 Å². The Balaban J connectivity index is 0.000000411. The number of carboxylic acids is 1. The van der Waals surface area contributed by atoms with Crippen LogP contribution >= 0.6 is 0 Å². The molecule has 18 heavy (non-hydrogen) atoms. The van der Waals surface area contributed by atoms with Crippen LogP contribution in [0.25, 0.3) is 0 Å². The van der Waals surface area contributed by atoms with Crippen molar-refractivity contribution < 1.29 is 35.1 Å². The minimum absolute atomic E-state index is 0.292. The second-order valence-electron chi connectivity index (χ2n) is 3.95. The second kappa shape index (κ2) is 8.35. The molecule has 108 valence electrons. The summed E-state index contributed by atoms with van der Waals surface area (Å²) in [6.07, 6.45) is -3.83. The molecule has 0 radical (unpaired) electrons. The highest BCUT2D eigenvalue weighted by molar-refractivity contribution is 5.66. The largest absolute Gasteiger partial charge is 0.481 e. The van der Waals surface area contributed by atoms with E-state index in [2.05, 4.69) is 0 Å². The van der Waals surface area contributed by atoms with E-state index in [4.69, 9.17) is 25.8 Å². The lowest BCUT2D eigenvalue weighted by Crippen LogP contribution is -2.61. The van der Waals surface area contributed by atoms with Crippen LogP contribution in [-0.2, 0) is 9.53 Å². The number of aliphatic hydroxyl groups is 4. The summed E-state index contributed by atoms with van der Waals surface area (Å²) in [7, 11) is 0. The van der Waals surface area contributed by atoms with Crippen molar-refractivity contribution in [1.29, 1.82) is 0 Å². The van der Waals surface area contributed by atoms with Crippen molar-refractivity contribution in [2.24, 2.45) is 5.73 Å². The lowest BCUT2D eigenvalue weighted by Gasteiger charge is -2.38. The predicted octanol–water partition coefficient (Wildman–Crippen LogP) is -2.38. The van der Waals surface area contributed by atoms with Crippen molar-refractivity contribution in [1.82, 2.24) is 0 Å². The van der Waals surface area contributed by atoms with Crippen LogP contribution in [0.2, 0.25) is 0 Å². The van der Waals surface area contributed by atoms with Gasteiger partial charge >= 0.3 is 5.97 Å². The molecule has 0 aromatic carbocycles. The summed E-state index contributed by atoms with van der Waals surface area (Å²) in [6.45, 7) is 1.37. The lowest BCUT2D eigenvalue weighted by molar-refractivity contribution is -0.248. The van der Waals surface area contributed by atoms with Gasteiger partial charge in [0.1, 0.15) is 18.3 Å². The summed E-state index contributed by atoms with van der Waals surface area (Å²) in [6, 6.07) is -1.04. The van der Waals surface area contributed by atoms with Crippen LogP contribution in [0.15, 0.2) is 0 Å². The highest BCUT2D eigenvalue weighted by Crippen LogP contribution is 2.17. The maximum atomic E-state index is 9.60. The van der Waals surface area contributed by atoms with Crippen LogP contribution < -0.4 is 5.73 Å². The number of ether oxygens (including phenoxy) is 1. The maximum Gasteiger partial charge on any atom is 0.303 e. The van der Waals surface area contributed by atoms with E-state index in [-0.39, 0.29) is 0 Å². The quantitative estimate of drug-likeness (QED) is 0.331. The van der Waals surface area contributed by atoms with E-state index < -0.39 is 43.2 Å². The Kier molecular flexibility index (Phi) is 8.00. The first-order chi connectivity index (χ1) is 8.34. The molecule has 1 saturated heterocycles. The van der Waals surface area contributed by atoms with Crippen molar-refractivity contribution in [3.8, 4) is 0 Å². The molecule has 1 aliphatic heterocycles. The molecule has 8 nitrogen and oxygen atoms in total. The summed E-state index contributed by atoms with van der Waals surface area (Å²) in [5.41, 5.74) is 5.26. The van der Waals surface area contributed by atoms with Crippen molar-refractivity contribution in [2.45, 2.75) is 50.4 Å². The van der Waals surface area contributed by atoms with Gasteiger partial charge in [-0.05, 0) is 6.42 Å². The summed E-state index contributed by atoms with van der Waals surface area (Å²) < 4.78 is 4.70. The molecule has 5 atom stereocenters. The standard InChI is InChI=1S/C6H13NO5.C4H8O2/c7-3-5(10)4(9)2(1-8)12-6(3)11;1-2-3-4(5)6/h2-6,8-11H,1,7H2;2-3H2,1H3,(H,5,6)/t2-,3-,4-,5-,6?;/m1./s1. The van der Waals surface area contributed by atoms with Gasteiger partial charge in [0.25, 0.3) is 0 Å². The molecule has 7 N–H and O–H groups in total. The van der Waals surface area contributed by atoms with Gasteiger partial charge < -0.3 is 36.0 Å². The van der Waals surface area contributed by atoms with Gasteiger partial charge in [-0.1, -0.05) is 6.92 Å². The Labute approximate surface area is 105 Å². The molecule has 0 aliphatic carbocycles. The first-order valence-electron chi connectivity index (χ1n) is 5.63. The molecule has 0 aromatic heterocycles. The van der Waals surface area contributed by atoms with Gasteiger partial charge in [0.05, 0.1) is 12.6 Å². The number of aliphatic carboxylic acids is 1. The fourth-order valence-electron chi connectivity index (χ4n) is 1.33. The number of nitrogens with two attached hydrogens (primary N) is 1. The fraction of sp³-hybridized carbons (Fsp3) is 0.900. The third-order valence-electron chi connectivity index (χ3n) is 2.41. The zero-order valence-corrected chi connectivity index (χ0v) is 10.1. The third kappa shape index (κ3) is 5.25. The number of carboxylic acid groups (broad SMARTS) is 1. The van der Waals surface area contributed by atoms with Crippen LogP contribution in [0.5, 0.6) is 0 Å². The van der Waals surface area contributed by atoms with Crippen LogP contribution in [0.4, 0.5) is 0 Å². The van der Waals surface area contributed by atoms with Gasteiger partial charge in [0.15, 0.2) is 6.29 Å². The average molecular weight is 267 g/mol. The van der Waals surface area contributed by atoms with Gasteiger partial charge in [-0.3, -0.25) is 4.79 Å². The number of aliphatic hydroxyl groups excluding tert-OH is 4. The summed E-state index contributed by atoms with van der Waals surface area (Å²) in [4.78, 5) is 9.60. The molecule has 8 heteroatoms.